The Balaban J connectivity index is 1.02. The highest BCUT2D eigenvalue weighted by Gasteiger charge is 2.47. The molecule has 2 aliphatic rings. The zero-order valence-corrected chi connectivity index (χ0v) is 30.6. The largest absolute Gasteiger partial charge is 0.483 e. The molecule has 262 valence electrons. The third-order valence-corrected chi connectivity index (χ3v) is 12.1. The van der Waals surface area contributed by atoms with E-state index in [4.69, 9.17) is 4.74 Å². The number of ether oxygens (including phenoxy) is 1. The standard InChI is InChI=1S/C54H35NO/c1-3-12-34(13-4-1)39-30-40(35-14-5-2-6-15-35)32-41(31-39)44-27-23-37-24-28-45-43(26-22-36-25-29-46(44)52(37)51(36)45)38-16-11-17-42(33-38)55-49-20-9-7-18-47(49)54-53(55)48-19-8-10-21-50(48)56-54/h1-33,53-54H. The molecule has 2 nitrogen and oxygen atoms in total. The van der Waals surface area contributed by atoms with Gasteiger partial charge >= 0.3 is 0 Å². The molecule has 0 aromatic heterocycles. The molecule has 2 heterocycles. The molecule has 10 aromatic carbocycles. The van der Waals surface area contributed by atoms with Crippen LogP contribution in [0.5, 0.6) is 5.75 Å². The van der Waals surface area contributed by atoms with Gasteiger partial charge in [-0.2, -0.15) is 0 Å². The van der Waals surface area contributed by atoms with E-state index in [1.165, 1.54) is 99.3 Å². The molecule has 0 saturated carbocycles. The number of anilines is 2. The molecular formula is C54H35NO. The van der Waals surface area contributed by atoms with Crippen LogP contribution in [0.3, 0.4) is 0 Å². The van der Waals surface area contributed by atoms with Crippen LogP contribution in [-0.4, -0.2) is 0 Å². The summed E-state index contributed by atoms with van der Waals surface area (Å²) in [5.74, 6) is 0.979. The number of para-hydroxylation sites is 2. The van der Waals surface area contributed by atoms with Crippen LogP contribution in [0.25, 0.3) is 76.8 Å². The molecule has 0 fully saturated rings. The fourth-order valence-corrected chi connectivity index (χ4v) is 9.61. The van der Waals surface area contributed by atoms with Gasteiger partial charge in [-0.25, -0.2) is 0 Å². The second kappa shape index (κ2) is 12.2. The summed E-state index contributed by atoms with van der Waals surface area (Å²) in [6.45, 7) is 0. The third kappa shape index (κ3) is 4.69. The molecule has 2 heteroatoms. The van der Waals surface area contributed by atoms with E-state index in [-0.39, 0.29) is 12.1 Å². The minimum absolute atomic E-state index is 0.0341. The summed E-state index contributed by atoms with van der Waals surface area (Å²) in [5, 5.41) is 7.70. The van der Waals surface area contributed by atoms with Gasteiger partial charge < -0.3 is 9.64 Å². The van der Waals surface area contributed by atoms with E-state index in [1.54, 1.807) is 0 Å². The van der Waals surface area contributed by atoms with Crippen LogP contribution in [0.15, 0.2) is 200 Å². The van der Waals surface area contributed by atoms with Gasteiger partial charge in [0.05, 0.1) is 0 Å². The van der Waals surface area contributed by atoms with Gasteiger partial charge in [0.15, 0.2) is 6.10 Å². The van der Waals surface area contributed by atoms with E-state index in [9.17, 15) is 0 Å². The minimum Gasteiger partial charge on any atom is -0.483 e. The lowest BCUT2D eigenvalue weighted by Crippen LogP contribution is -2.20. The van der Waals surface area contributed by atoms with E-state index >= 15 is 0 Å². The Morgan fingerprint density at radius 3 is 1.59 bits per heavy atom. The topological polar surface area (TPSA) is 12.5 Å². The first-order valence-corrected chi connectivity index (χ1v) is 19.5. The summed E-state index contributed by atoms with van der Waals surface area (Å²) in [6.07, 6.45) is -0.0341. The molecule has 2 aliphatic heterocycles. The third-order valence-electron chi connectivity index (χ3n) is 12.1. The molecule has 2 unspecified atom stereocenters. The SMILES string of the molecule is c1ccc(-c2cc(-c3ccccc3)cc(-c3ccc4ccc5c(-c6cccc(N7c8ccccc8C8Oc9ccccc9C87)c6)ccc6ccc3c4c65)c2)cc1. The molecule has 0 saturated heterocycles. The van der Waals surface area contributed by atoms with Crippen molar-refractivity contribution in [2.75, 3.05) is 4.90 Å². The second-order valence-corrected chi connectivity index (χ2v) is 15.2. The second-order valence-electron chi connectivity index (χ2n) is 15.2. The van der Waals surface area contributed by atoms with Crippen molar-refractivity contribution in [1.29, 1.82) is 0 Å². The average Bonchev–Trinajstić information content (AvgIpc) is 3.81. The highest BCUT2D eigenvalue weighted by Crippen LogP contribution is 2.58. The van der Waals surface area contributed by atoms with Crippen molar-refractivity contribution in [1.82, 2.24) is 0 Å². The van der Waals surface area contributed by atoms with Crippen molar-refractivity contribution in [2.45, 2.75) is 12.1 Å². The molecule has 0 N–H and O–H groups in total. The number of rotatable bonds is 5. The van der Waals surface area contributed by atoms with E-state index in [0.717, 1.165) is 5.75 Å². The summed E-state index contributed by atoms with van der Waals surface area (Å²) in [5.41, 5.74) is 14.6. The number of benzene rings is 10. The molecule has 0 aliphatic carbocycles. The minimum atomic E-state index is -0.0341. The predicted molar refractivity (Wildman–Crippen MR) is 233 cm³/mol. The normalized spacial score (nSPS) is 15.6. The first-order chi connectivity index (χ1) is 27.8. The summed E-state index contributed by atoms with van der Waals surface area (Å²) in [4.78, 5) is 2.49. The maximum Gasteiger partial charge on any atom is 0.151 e. The lowest BCUT2D eigenvalue weighted by molar-refractivity contribution is 0.223. The number of hydrogen-bond donors (Lipinski definition) is 0. The van der Waals surface area contributed by atoms with Gasteiger partial charge in [-0.1, -0.05) is 158 Å². The zero-order chi connectivity index (χ0) is 36.7. The van der Waals surface area contributed by atoms with Crippen LogP contribution >= 0.6 is 0 Å². The number of fused-ring (bicyclic) bond motifs is 5. The van der Waals surface area contributed by atoms with Crippen molar-refractivity contribution in [3.63, 3.8) is 0 Å². The van der Waals surface area contributed by atoms with Gasteiger partial charge in [0.25, 0.3) is 0 Å². The van der Waals surface area contributed by atoms with E-state index in [2.05, 4.69) is 205 Å². The van der Waals surface area contributed by atoms with Crippen molar-refractivity contribution >= 4 is 43.7 Å². The highest BCUT2D eigenvalue weighted by molar-refractivity contribution is 6.27. The Morgan fingerprint density at radius 2 is 0.911 bits per heavy atom. The smallest absolute Gasteiger partial charge is 0.151 e. The Kier molecular flexibility index (Phi) is 6.79. The van der Waals surface area contributed by atoms with Crippen molar-refractivity contribution in [2.24, 2.45) is 0 Å². The lowest BCUT2D eigenvalue weighted by atomic mass is 9.86. The first kappa shape index (κ1) is 31.2. The predicted octanol–water partition coefficient (Wildman–Crippen LogP) is 14.6. The first-order valence-electron chi connectivity index (χ1n) is 19.5. The van der Waals surface area contributed by atoms with E-state index in [0.29, 0.717) is 0 Å². The van der Waals surface area contributed by atoms with Gasteiger partial charge in [-0.05, 0) is 119 Å². The maximum atomic E-state index is 6.60. The quantitative estimate of drug-likeness (QED) is 0.165. The molecule has 0 radical (unpaired) electrons. The molecule has 0 amide bonds. The van der Waals surface area contributed by atoms with Gasteiger partial charge in [-0.3, -0.25) is 0 Å². The lowest BCUT2D eigenvalue weighted by Gasteiger charge is -2.27. The summed E-state index contributed by atoms with van der Waals surface area (Å²) in [6, 6.07) is 73.5. The van der Waals surface area contributed by atoms with Crippen LogP contribution < -0.4 is 9.64 Å². The molecular weight excluding hydrogens is 679 g/mol. The van der Waals surface area contributed by atoms with Crippen molar-refractivity contribution < 1.29 is 4.74 Å². The van der Waals surface area contributed by atoms with Crippen molar-refractivity contribution in [3.05, 3.63) is 211 Å². The molecule has 10 aromatic rings. The maximum absolute atomic E-state index is 6.60. The summed E-state index contributed by atoms with van der Waals surface area (Å²) in [7, 11) is 0. The van der Waals surface area contributed by atoms with Crippen molar-refractivity contribution in [3.8, 4) is 50.3 Å². The van der Waals surface area contributed by atoms with Gasteiger partial charge in [0, 0.05) is 22.5 Å². The fraction of sp³-hybridized carbons (Fsp3) is 0.0370. The average molecular weight is 714 g/mol. The van der Waals surface area contributed by atoms with Gasteiger partial charge in [0.2, 0.25) is 0 Å². The Hall–Kier alpha value is -7.16. The Morgan fingerprint density at radius 1 is 0.375 bits per heavy atom. The summed E-state index contributed by atoms with van der Waals surface area (Å²) >= 11 is 0. The zero-order valence-electron chi connectivity index (χ0n) is 30.6. The summed E-state index contributed by atoms with van der Waals surface area (Å²) < 4.78 is 6.60. The molecule has 0 spiro atoms. The van der Waals surface area contributed by atoms with E-state index in [1.807, 2.05) is 0 Å². The van der Waals surface area contributed by atoms with Crippen LogP contribution in [0.1, 0.15) is 23.3 Å². The van der Waals surface area contributed by atoms with E-state index < -0.39 is 0 Å². The Bertz CT molecular complexity index is 3070. The molecule has 0 bridgehead atoms. The monoisotopic (exact) mass is 713 g/mol. The highest BCUT2D eigenvalue weighted by atomic mass is 16.5. The molecule has 2 atom stereocenters. The van der Waals surface area contributed by atoms with Gasteiger partial charge in [-0.15, -0.1) is 0 Å². The van der Waals surface area contributed by atoms with Crippen LogP contribution in [0, 0.1) is 0 Å². The molecule has 56 heavy (non-hydrogen) atoms. The number of nitrogens with zero attached hydrogens (tertiary/aromatic N) is 1. The fourth-order valence-electron chi connectivity index (χ4n) is 9.61. The van der Waals surface area contributed by atoms with Crippen LogP contribution in [0.4, 0.5) is 11.4 Å². The number of hydrogen-bond acceptors (Lipinski definition) is 2. The van der Waals surface area contributed by atoms with Crippen LogP contribution in [0.2, 0.25) is 0 Å². The van der Waals surface area contributed by atoms with Crippen LogP contribution in [-0.2, 0) is 0 Å². The molecule has 12 rings (SSSR count). The Labute approximate surface area is 325 Å². The van der Waals surface area contributed by atoms with Gasteiger partial charge in [0.1, 0.15) is 11.8 Å².